The quantitative estimate of drug-likeness (QED) is 0.608. The summed E-state index contributed by atoms with van der Waals surface area (Å²) in [6.07, 6.45) is 0. The van der Waals surface area contributed by atoms with Crippen LogP contribution in [0.5, 0.6) is 5.75 Å². The number of hydrogen-bond donors (Lipinski definition) is 2. The van der Waals surface area contributed by atoms with Gasteiger partial charge in [0.1, 0.15) is 5.75 Å². The maximum Gasteiger partial charge on any atom is 0.256 e. The lowest BCUT2D eigenvalue weighted by Gasteiger charge is -2.24. The van der Waals surface area contributed by atoms with Crippen molar-refractivity contribution in [2.24, 2.45) is 0 Å². The van der Waals surface area contributed by atoms with Gasteiger partial charge < -0.3 is 20.5 Å². The van der Waals surface area contributed by atoms with Gasteiger partial charge in [-0.1, -0.05) is 0 Å². The Morgan fingerprint density at radius 2 is 2.24 bits per heavy atom. The van der Waals surface area contributed by atoms with Crippen LogP contribution in [-0.4, -0.2) is 42.7 Å². The monoisotopic (exact) mass is 238 g/mol. The molecule has 0 aliphatic carbocycles. The number of nitrogens with two attached hydrogens (primary N) is 1. The van der Waals surface area contributed by atoms with Crippen LogP contribution in [0.1, 0.15) is 17.3 Å². The van der Waals surface area contributed by atoms with Crippen LogP contribution in [0.3, 0.4) is 0 Å². The van der Waals surface area contributed by atoms with Crippen molar-refractivity contribution in [1.29, 1.82) is 0 Å². The van der Waals surface area contributed by atoms with Gasteiger partial charge in [0.05, 0.1) is 18.2 Å². The molecule has 1 aromatic rings. The van der Waals surface area contributed by atoms with E-state index in [0.29, 0.717) is 17.9 Å². The summed E-state index contributed by atoms with van der Waals surface area (Å²) in [7, 11) is 3.26. The molecule has 0 heterocycles. The maximum atomic E-state index is 12.1. The highest BCUT2D eigenvalue weighted by atomic mass is 16.5. The normalized spacial score (nSPS) is 12.2. The molecule has 1 aromatic carbocycles. The van der Waals surface area contributed by atoms with Gasteiger partial charge in [0.15, 0.2) is 0 Å². The fourth-order valence-corrected chi connectivity index (χ4v) is 1.47. The molecule has 0 aliphatic rings. The van der Waals surface area contributed by atoms with Crippen molar-refractivity contribution in [1.82, 2.24) is 4.90 Å². The summed E-state index contributed by atoms with van der Waals surface area (Å²) in [6, 6.07) is 4.27. The minimum Gasteiger partial charge on any atom is -0.508 e. The van der Waals surface area contributed by atoms with E-state index < -0.39 is 0 Å². The average molecular weight is 238 g/mol. The van der Waals surface area contributed by atoms with Crippen LogP contribution in [0, 0.1) is 0 Å². The maximum absolute atomic E-state index is 12.1. The van der Waals surface area contributed by atoms with E-state index in [0.717, 1.165) is 0 Å². The van der Waals surface area contributed by atoms with Crippen molar-refractivity contribution in [3.8, 4) is 5.75 Å². The fraction of sp³-hybridized carbons (Fsp3) is 0.417. The molecule has 0 aliphatic heterocycles. The number of nitrogens with zero attached hydrogens (tertiary/aromatic N) is 1. The van der Waals surface area contributed by atoms with Gasteiger partial charge in [-0.2, -0.15) is 0 Å². The number of benzene rings is 1. The molecular formula is C12H18N2O3. The lowest BCUT2D eigenvalue weighted by Crippen LogP contribution is -2.38. The number of nitrogen functional groups attached to an aromatic ring is 1. The minimum atomic E-state index is -0.233. The van der Waals surface area contributed by atoms with Crippen LogP contribution in [0.4, 0.5) is 5.69 Å². The molecule has 1 atom stereocenters. The van der Waals surface area contributed by atoms with Crippen molar-refractivity contribution in [3.05, 3.63) is 23.8 Å². The fourth-order valence-electron chi connectivity index (χ4n) is 1.47. The zero-order valence-corrected chi connectivity index (χ0v) is 10.3. The summed E-state index contributed by atoms with van der Waals surface area (Å²) in [5.74, 6) is -0.210. The predicted octanol–water partition coefficient (Wildman–Crippen LogP) is 1.08. The third kappa shape index (κ3) is 3.10. The van der Waals surface area contributed by atoms with E-state index in [4.69, 9.17) is 10.5 Å². The van der Waals surface area contributed by atoms with E-state index in [-0.39, 0.29) is 17.7 Å². The number of ether oxygens (including phenoxy) is 1. The summed E-state index contributed by atoms with van der Waals surface area (Å²) in [6.45, 7) is 2.32. The van der Waals surface area contributed by atoms with E-state index in [1.165, 1.54) is 23.1 Å². The summed E-state index contributed by atoms with van der Waals surface area (Å²) in [5, 5.41) is 9.36. The first-order chi connectivity index (χ1) is 7.97. The highest BCUT2D eigenvalue weighted by Gasteiger charge is 2.19. The van der Waals surface area contributed by atoms with Crippen LogP contribution < -0.4 is 5.73 Å². The molecule has 0 bridgehead atoms. The van der Waals surface area contributed by atoms with Gasteiger partial charge in [0, 0.05) is 19.8 Å². The molecule has 1 rings (SSSR count). The number of aromatic hydroxyl groups is 1. The van der Waals surface area contributed by atoms with Gasteiger partial charge in [0.2, 0.25) is 0 Å². The van der Waals surface area contributed by atoms with Crippen molar-refractivity contribution in [2.45, 2.75) is 13.0 Å². The summed E-state index contributed by atoms with van der Waals surface area (Å²) in [4.78, 5) is 13.6. The number of rotatable bonds is 4. The standard InChI is InChI=1S/C12H18N2O3/c1-8(7-17-3)14(2)12(16)10-6-9(15)4-5-11(10)13/h4-6,8,15H,7,13H2,1-3H3. The number of phenolic OH excluding ortho intramolecular Hbond substituents is 1. The second kappa shape index (κ2) is 5.54. The number of carbonyl (C=O) groups is 1. The highest BCUT2D eigenvalue weighted by Crippen LogP contribution is 2.20. The van der Waals surface area contributed by atoms with Crippen molar-refractivity contribution in [3.63, 3.8) is 0 Å². The molecule has 5 nitrogen and oxygen atoms in total. The number of likely N-dealkylation sites (N-methyl/N-ethyl adjacent to an activating group) is 1. The van der Waals surface area contributed by atoms with E-state index >= 15 is 0 Å². The van der Waals surface area contributed by atoms with Gasteiger partial charge in [-0.05, 0) is 25.1 Å². The Labute approximate surface area is 101 Å². The molecule has 1 unspecified atom stereocenters. The first-order valence-corrected chi connectivity index (χ1v) is 5.32. The number of phenols is 1. The smallest absolute Gasteiger partial charge is 0.256 e. The largest absolute Gasteiger partial charge is 0.508 e. The Morgan fingerprint density at radius 3 is 2.82 bits per heavy atom. The predicted molar refractivity (Wildman–Crippen MR) is 66.0 cm³/mol. The molecule has 94 valence electrons. The van der Waals surface area contributed by atoms with E-state index in [2.05, 4.69) is 0 Å². The molecule has 3 N–H and O–H groups in total. The summed E-state index contributed by atoms with van der Waals surface area (Å²) >= 11 is 0. The molecule has 5 heteroatoms. The molecule has 0 fully saturated rings. The second-order valence-corrected chi connectivity index (χ2v) is 3.99. The number of carbonyl (C=O) groups excluding carboxylic acids is 1. The number of anilines is 1. The number of amides is 1. The molecule has 0 aromatic heterocycles. The van der Waals surface area contributed by atoms with Crippen molar-refractivity contribution >= 4 is 11.6 Å². The zero-order chi connectivity index (χ0) is 13.0. The van der Waals surface area contributed by atoms with Crippen LogP contribution in [0.2, 0.25) is 0 Å². The minimum absolute atomic E-state index is 0.0235. The van der Waals surface area contributed by atoms with Crippen LogP contribution in [0.25, 0.3) is 0 Å². The average Bonchev–Trinajstić information content (AvgIpc) is 2.30. The van der Waals surface area contributed by atoms with Gasteiger partial charge in [0.25, 0.3) is 5.91 Å². The molecule has 0 radical (unpaired) electrons. The molecular weight excluding hydrogens is 220 g/mol. The third-order valence-corrected chi connectivity index (χ3v) is 2.66. The Kier molecular flexibility index (Phi) is 4.34. The lowest BCUT2D eigenvalue weighted by molar-refractivity contribution is 0.0634. The molecule has 0 spiro atoms. The molecule has 17 heavy (non-hydrogen) atoms. The summed E-state index contributed by atoms with van der Waals surface area (Å²) in [5.41, 5.74) is 6.36. The zero-order valence-electron chi connectivity index (χ0n) is 10.3. The Bertz CT molecular complexity index is 407. The van der Waals surface area contributed by atoms with E-state index in [1.807, 2.05) is 6.92 Å². The Morgan fingerprint density at radius 1 is 1.59 bits per heavy atom. The first-order valence-electron chi connectivity index (χ1n) is 5.32. The first kappa shape index (κ1) is 13.3. The Balaban J connectivity index is 2.92. The SMILES string of the molecule is COCC(C)N(C)C(=O)c1cc(O)ccc1N. The van der Waals surface area contributed by atoms with Crippen molar-refractivity contribution in [2.75, 3.05) is 26.5 Å². The number of methoxy groups -OCH3 is 1. The van der Waals surface area contributed by atoms with Gasteiger partial charge in [-0.3, -0.25) is 4.79 Å². The topological polar surface area (TPSA) is 75.8 Å². The van der Waals surface area contributed by atoms with Gasteiger partial charge in [-0.25, -0.2) is 0 Å². The van der Waals surface area contributed by atoms with E-state index in [9.17, 15) is 9.90 Å². The lowest BCUT2D eigenvalue weighted by atomic mass is 10.1. The highest BCUT2D eigenvalue weighted by molar-refractivity contribution is 5.99. The van der Waals surface area contributed by atoms with E-state index in [1.54, 1.807) is 14.2 Å². The van der Waals surface area contributed by atoms with Crippen molar-refractivity contribution < 1.29 is 14.6 Å². The third-order valence-electron chi connectivity index (χ3n) is 2.66. The van der Waals surface area contributed by atoms with Crippen LogP contribution in [-0.2, 0) is 4.74 Å². The molecule has 1 amide bonds. The Hall–Kier alpha value is -1.75. The molecule has 0 saturated carbocycles. The molecule has 0 saturated heterocycles. The second-order valence-electron chi connectivity index (χ2n) is 3.99. The van der Waals surface area contributed by atoms with Gasteiger partial charge >= 0.3 is 0 Å². The van der Waals surface area contributed by atoms with Crippen LogP contribution in [0.15, 0.2) is 18.2 Å². The van der Waals surface area contributed by atoms with Gasteiger partial charge in [-0.15, -0.1) is 0 Å². The van der Waals surface area contributed by atoms with Crippen LogP contribution >= 0.6 is 0 Å². The number of hydrogen-bond acceptors (Lipinski definition) is 4. The summed E-state index contributed by atoms with van der Waals surface area (Å²) < 4.78 is 4.99.